The van der Waals surface area contributed by atoms with Crippen molar-refractivity contribution in [2.45, 2.75) is 24.6 Å². The van der Waals surface area contributed by atoms with E-state index in [1.165, 1.54) is 17.7 Å². The largest absolute Gasteiger partial charge is 0.491 e. The van der Waals surface area contributed by atoms with Crippen molar-refractivity contribution in [3.8, 4) is 5.75 Å². The zero-order valence-electron chi connectivity index (χ0n) is 15.2. The highest BCUT2D eigenvalue weighted by Crippen LogP contribution is 2.41. The molecule has 4 rings (SSSR count). The molecule has 0 aliphatic carbocycles. The first kappa shape index (κ1) is 17.7. The van der Waals surface area contributed by atoms with Gasteiger partial charge >= 0.3 is 0 Å². The Labute approximate surface area is 157 Å². The fourth-order valence-corrected chi connectivity index (χ4v) is 3.66. The summed E-state index contributed by atoms with van der Waals surface area (Å²) in [6.45, 7) is 1.12. The molecule has 6 heteroatoms. The molecule has 2 atom stereocenters. The van der Waals surface area contributed by atoms with Crippen LogP contribution in [0.3, 0.4) is 0 Å². The summed E-state index contributed by atoms with van der Waals surface area (Å²) in [7, 11) is 1.96. The zero-order chi connectivity index (χ0) is 18.7. The maximum Gasteiger partial charge on any atom is 0.123 e. The van der Waals surface area contributed by atoms with E-state index in [1.54, 1.807) is 18.3 Å². The number of aromatic nitrogens is 2. The van der Waals surface area contributed by atoms with Crippen molar-refractivity contribution in [3.63, 3.8) is 0 Å². The van der Waals surface area contributed by atoms with Gasteiger partial charge in [0.05, 0.1) is 11.9 Å². The van der Waals surface area contributed by atoms with Gasteiger partial charge in [-0.2, -0.15) is 5.06 Å². The van der Waals surface area contributed by atoms with Crippen LogP contribution in [-0.4, -0.2) is 34.4 Å². The molecule has 1 aromatic heterocycles. The maximum atomic E-state index is 13.1. The van der Waals surface area contributed by atoms with E-state index in [-0.39, 0.29) is 17.5 Å². The van der Waals surface area contributed by atoms with E-state index in [0.29, 0.717) is 12.4 Å². The van der Waals surface area contributed by atoms with E-state index < -0.39 is 0 Å². The van der Waals surface area contributed by atoms with E-state index in [4.69, 9.17) is 9.57 Å². The van der Waals surface area contributed by atoms with Crippen molar-refractivity contribution in [1.82, 2.24) is 14.6 Å². The maximum absolute atomic E-state index is 13.1. The first-order valence-electron chi connectivity index (χ1n) is 8.96. The van der Waals surface area contributed by atoms with Crippen LogP contribution in [0.2, 0.25) is 0 Å². The molecule has 27 heavy (non-hydrogen) atoms. The monoisotopic (exact) mass is 367 g/mol. The number of ether oxygens (including phenoxy) is 1. The number of nitrogens with zero attached hydrogens (tertiary/aromatic N) is 3. The Morgan fingerprint density at radius 1 is 1.19 bits per heavy atom. The summed E-state index contributed by atoms with van der Waals surface area (Å²) < 4.78 is 20.9. The summed E-state index contributed by atoms with van der Waals surface area (Å²) in [6.07, 6.45) is 6.22. The predicted octanol–water partition coefficient (Wildman–Crippen LogP) is 3.63. The molecule has 0 amide bonds. The lowest BCUT2D eigenvalue weighted by molar-refractivity contribution is -0.179. The van der Waals surface area contributed by atoms with Gasteiger partial charge in [0.15, 0.2) is 0 Å². The van der Waals surface area contributed by atoms with Crippen LogP contribution in [0.25, 0.3) is 0 Å². The summed E-state index contributed by atoms with van der Waals surface area (Å²) in [5.74, 6) is 0.358. The van der Waals surface area contributed by atoms with Gasteiger partial charge in [-0.25, -0.2) is 9.37 Å². The molecule has 2 heterocycles. The van der Waals surface area contributed by atoms with Crippen LogP contribution in [0.4, 0.5) is 4.39 Å². The fraction of sp³-hybridized carbons (Fsp3) is 0.286. The third-order valence-corrected chi connectivity index (χ3v) is 5.04. The van der Waals surface area contributed by atoms with Crippen LogP contribution >= 0.6 is 0 Å². The van der Waals surface area contributed by atoms with Crippen LogP contribution in [0.5, 0.6) is 5.75 Å². The molecule has 0 bridgehead atoms. The number of imidazole rings is 1. The molecular weight excluding hydrogens is 345 g/mol. The lowest BCUT2D eigenvalue weighted by atomic mass is 9.85. The first-order valence-corrected chi connectivity index (χ1v) is 8.96. The number of hydrogen-bond acceptors (Lipinski definition) is 4. The van der Waals surface area contributed by atoms with Gasteiger partial charge in [0.25, 0.3) is 0 Å². The molecule has 2 unspecified atom stereocenters. The molecule has 0 radical (unpaired) electrons. The standard InChI is InChI=1S/C21H22FN3O2/c1-24-21(15-25-12-11-23-16-25,17-5-3-2-4-6-17)13-20(27-24)14-26-19-9-7-18(22)8-10-19/h2-12,16,20H,13-15H2,1H3. The lowest BCUT2D eigenvalue weighted by Crippen LogP contribution is -2.41. The summed E-state index contributed by atoms with van der Waals surface area (Å²) in [5, 5.41) is 1.93. The van der Waals surface area contributed by atoms with Gasteiger partial charge < -0.3 is 9.30 Å². The zero-order valence-corrected chi connectivity index (χ0v) is 15.2. The molecule has 0 saturated carbocycles. The molecule has 1 fully saturated rings. The lowest BCUT2D eigenvalue weighted by Gasteiger charge is -2.34. The van der Waals surface area contributed by atoms with Crippen LogP contribution in [-0.2, 0) is 16.9 Å². The van der Waals surface area contributed by atoms with Gasteiger partial charge in [-0.15, -0.1) is 0 Å². The molecular formula is C21H22FN3O2. The molecule has 2 aromatic carbocycles. The predicted molar refractivity (Wildman–Crippen MR) is 99.5 cm³/mol. The minimum atomic E-state index is -0.321. The van der Waals surface area contributed by atoms with E-state index in [1.807, 2.05) is 42.8 Å². The summed E-state index contributed by atoms with van der Waals surface area (Å²) in [4.78, 5) is 10.3. The van der Waals surface area contributed by atoms with Crippen molar-refractivity contribution in [2.24, 2.45) is 0 Å². The number of halogens is 1. The highest BCUT2D eigenvalue weighted by atomic mass is 19.1. The fourth-order valence-electron chi connectivity index (χ4n) is 3.66. The summed E-state index contributed by atoms with van der Waals surface area (Å²) >= 11 is 0. The van der Waals surface area contributed by atoms with Crippen molar-refractivity contribution >= 4 is 0 Å². The van der Waals surface area contributed by atoms with Gasteiger partial charge in [-0.05, 0) is 29.8 Å². The highest BCUT2D eigenvalue weighted by Gasteiger charge is 2.47. The third-order valence-electron chi connectivity index (χ3n) is 5.04. The van der Waals surface area contributed by atoms with Gasteiger partial charge in [-0.1, -0.05) is 30.3 Å². The number of hydroxylamine groups is 2. The normalized spacial score (nSPS) is 22.8. The second-order valence-corrected chi connectivity index (χ2v) is 6.83. The van der Waals surface area contributed by atoms with E-state index in [9.17, 15) is 4.39 Å². The number of rotatable bonds is 6. The number of benzene rings is 2. The van der Waals surface area contributed by atoms with Crippen molar-refractivity contribution < 1.29 is 14.0 Å². The first-order chi connectivity index (χ1) is 13.2. The minimum absolute atomic E-state index is 0.108. The molecule has 0 spiro atoms. The smallest absolute Gasteiger partial charge is 0.123 e. The Bertz CT molecular complexity index is 855. The molecule has 5 nitrogen and oxygen atoms in total. The van der Waals surface area contributed by atoms with Crippen molar-refractivity contribution in [2.75, 3.05) is 13.7 Å². The molecule has 0 N–H and O–H groups in total. The van der Waals surface area contributed by atoms with Gasteiger partial charge in [0.1, 0.15) is 24.3 Å². The Hall–Kier alpha value is -2.70. The Morgan fingerprint density at radius 2 is 1.96 bits per heavy atom. The quantitative estimate of drug-likeness (QED) is 0.667. The Kier molecular flexibility index (Phi) is 4.92. The van der Waals surface area contributed by atoms with Crippen LogP contribution in [0, 0.1) is 5.82 Å². The molecule has 3 aromatic rings. The summed E-state index contributed by atoms with van der Waals surface area (Å²) in [6, 6.07) is 16.4. The second kappa shape index (κ2) is 7.50. The van der Waals surface area contributed by atoms with Gasteiger partial charge in [-0.3, -0.25) is 4.84 Å². The Morgan fingerprint density at radius 3 is 2.67 bits per heavy atom. The van der Waals surface area contributed by atoms with E-state index >= 15 is 0 Å². The van der Waals surface area contributed by atoms with Crippen LogP contribution in [0.1, 0.15) is 12.0 Å². The summed E-state index contributed by atoms with van der Waals surface area (Å²) in [5.41, 5.74) is 0.865. The van der Waals surface area contributed by atoms with Gasteiger partial charge in [0.2, 0.25) is 0 Å². The van der Waals surface area contributed by atoms with E-state index in [0.717, 1.165) is 13.0 Å². The second-order valence-electron chi connectivity index (χ2n) is 6.83. The van der Waals surface area contributed by atoms with Crippen molar-refractivity contribution in [3.05, 3.63) is 84.7 Å². The van der Waals surface area contributed by atoms with Crippen LogP contribution in [0.15, 0.2) is 73.3 Å². The average molecular weight is 367 g/mol. The molecule has 1 saturated heterocycles. The van der Waals surface area contributed by atoms with Crippen molar-refractivity contribution in [1.29, 1.82) is 0 Å². The number of likely N-dealkylation sites (N-methyl/N-ethyl adjacent to an activating group) is 1. The molecule has 1 aliphatic heterocycles. The van der Waals surface area contributed by atoms with E-state index in [2.05, 4.69) is 21.7 Å². The topological polar surface area (TPSA) is 39.5 Å². The Balaban J connectivity index is 1.53. The average Bonchev–Trinajstić information content (AvgIpc) is 3.31. The van der Waals surface area contributed by atoms with Gasteiger partial charge in [0, 0.05) is 32.4 Å². The third kappa shape index (κ3) is 3.72. The molecule has 1 aliphatic rings. The minimum Gasteiger partial charge on any atom is -0.491 e. The highest BCUT2D eigenvalue weighted by molar-refractivity contribution is 5.26. The molecule has 140 valence electrons. The van der Waals surface area contributed by atoms with Crippen LogP contribution < -0.4 is 4.74 Å². The number of hydrogen-bond donors (Lipinski definition) is 0. The SMILES string of the molecule is CN1OC(COc2ccc(F)cc2)CC1(Cn1ccnc1)c1ccccc1.